The zero-order valence-corrected chi connectivity index (χ0v) is 16.5. The molecule has 2 aromatic rings. The summed E-state index contributed by atoms with van der Waals surface area (Å²) in [4.78, 5) is 18.9. The molecule has 1 saturated carbocycles. The van der Waals surface area contributed by atoms with Crippen LogP contribution in [0.2, 0.25) is 5.02 Å². The smallest absolute Gasteiger partial charge is 0.237 e. The molecular weight excluding hydrogens is 380 g/mol. The maximum Gasteiger partial charge on any atom is 0.237 e. The van der Waals surface area contributed by atoms with Gasteiger partial charge in [0.25, 0.3) is 0 Å². The number of pyridine rings is 1. The number of fused-ring (bicyclic) bond motifs is 1. The van der Waals surface area contributed by atoms with Crippen LogP contribution in [0, 0.1) is 11.8 Å². The van der Waals surface area contributed by atoms with Gasteiger partial charge >= 0.3 is 0 Å². The molecule has 0 spiro atoms. The minimum atomic E-state index is 0.0654. The maximum atomic E-state index is 12.2. The Kier molecular flexibility index (Phi) is 5.68. The minimum Gasteiger partial charge on any atom is -0.329 e. The summed E-state index contributed by atoms with van der Waals surface area (Å²) in [7, 11) is 0. The SMILES string of the molecule is NCC1NNC(=O)C2CCC(c3cncc(Sc4ccc(Cl)cc4)c3)CC12. The molecule has 1 amide bonds. The van der Waals surface area contributed by atoms with Crippen LogP contribution < -0.4 is 16.6 Å². The van der Waals surface area contributed by atoms with Crippen molar-refractivity contribution in [1.29, 1.82) is 0 Å². The Morgan fingerprint density at radius 1 is 1.19 bits per heavy atom. The topological polar surface area (TPSA) is 80.0 Å². The summed E-state index contributed by atoms with van der Waals surface area (Å²) in [5, 5.41) is 0.738. The van der Waals surface area contributed by atoms with Crippen LogP contribution in [0.3, 0.4) is 0 Å². The lowest BCUT2D eigenvalue weighted by Gasteiger charge is -2.43. The van der Waals surface area contributed by atoms with E-state index in [2.05, 4.69) is 21.9 Å². The number of rotatable bonds is 4. The molecule has 4 rings (SSSR count). The number of aromatic nitrogens is 1. The van der Waals surface area contributed by atoms with Crippen LogP contribution in [0.4, 0.5) is 0 Å². The number of nitrogens with two attached hydrogens (primary N) is 1. The normalized spacial score (nSPS) is 27.7. The average molecular weight is 403 g/mol. The molecule has 1 aromatic heterocycles. The van der Waals surface area contributed by atoms with E-state index in [1.54, 1.807) is 11.8 Å². The largest absolute Gasteiger partial charge is 0.329 e. The van der Waals surface area contributed by atoms with Gasteiger partial charge in [-0.2, -0.15) is 0 Å². The molecule has 1 aliphatic carbocycles. The van der Waals surface area contributed by atoms with Gasteiger partial charge in [-0.15, -0.1) is 0 Å². The molecule has 1 aromatic carbocycles. The Balaban J connectivity index is 1.50. The summed E-state index contributed by atoms with van der Waals surface area (Å²) >= 11 is 7.65. The molecule has 4 N–H and O–H groups in total. The highest BCUT2D eigenvalue weighted by atomic mass is 35.5. The molecule has 1 saturated heterocycles. The van der Waals surface area contributed by atoms with Crippen molar-refractivity contribution < 1.29 is 4.79 Å². The van der Waals surface area contributed by atoms with Crippen molar-refractivity contribution in [2.45, 2.75) is 41.0 Å². The van der Waals surface area contributed by atoms with Gasteiger partial charge in [0.15, 0.2) is 0 Å². The molecule has 27 heavy (non-hydrogen) atoms. The molecule has 2 aliphatic rings. The zero-order valence-electron chi connectivity index (χ0n) is 14.9. The maximum absolute atomic E-state index is 12.2. The number of carbonyl (C=O) groups excluding carboxylic acids is 1. The Morgan fingerprint density at radius 3 is 2.78 bits per heavy atom. The van der Waals surface area contributed by atoms with E-state index < -0.39 is 0 Å². The van der Waals surface area contributed by atoms with Gasteiger partial charge in [0.05, 0.1) is 0 Å². The molecule has 5 nitrogen and oxygen atoms in total. The Bertz CT molecular complexity index is 816. The summed E-state index contributed by atoms with van der Waals surface area (Å²) in [5.41, 5.74) is 13.0. The highest BCUT2D eigenvalue weighted by molar-refractivity contribution is 7.99. The number of hydrogen-bond acceptors (Lipinski definition) is 5. The van der Waals surface area contributed by atoms with Gasteiger partial charge in [0.2, 0.25) is 5.91 Å². The van der Waals surface area contributed by atoms with E-state index in [1.165, 1.54) is 5.56 Å². The number of amides is 1. The number of halogens is 1. The third-order valence-electron chi connectivity index (χ3n) is 5.64. The first-order valence-corrected chi connectivity index (χ1v) is 10.5. The van der Waals surface area contributed by atoms with Crippen LogP contribution >= 0.6 is 23.4 Å². The molecule has 1 aliphatic heterocycles. The van der Waals surface area contributed by atoms with E-state index in [0.29, 0.717) is 12.5 Å². The van der Waals surface area contributed by atoms with Crippen molar-refractivity contribution in [3.63, 3.8) is 0 Å². The Labute approximate surface area is 168 Å². The standard InChI is InChI=1S/C20H23ClN4OS/c21-14-2-4-15(5-3-14)27-16-7-13(10-23-11-16)12-1-6-17-18(8-12)19(9-22)24-25-20(17)26/h2-5,7,10-12,17-19,24H,1,6,8-9,22H2,(H,25,26). The van der Waals surface area contributed by atoms with Gasteiger partial charge in [-0.3, -0.25) is 15.2 Å². The summed E-state index contributed by atoms with van der Waals surface area (Å²) in [5.74, 6) is 0.852. The van der Waals surface area contributed by atoms with Gasteiger partial charge < -0.3 is 5.73 Å². The van der Waals surface area contributed by atoms with Crippen LogP contribution in [0.15, 0.2) is 52.5 Å². The Hall–Kier alpha value is -1.60. The summed E-state index contributed by atoms with van der Waals surface area (Å²) in [6, 6.07) is 10.2. The number of hydrazine groups is 1. The highest BCUT2D eigenvalue weighted by Crippen LogP contribution is 2.42. The van der Waals surface area contributed by atoms with Crippen LogP contribution in [-0.4, -0.2) is 23.5 Å². The molecular formula is C20H23ClN4OS. The van der Waals surface area contributed by atoms with E-state index in [-0.39, 0.29) is 23.8 Å². The minimum absolute atomic E-state index is 0.0654. The van der Waals surface area contributed by atoms with E-state index in [1.807, 2.05) is 36.7 Å². The molecule has 2 fully saturated rings. The second kappa shape index (κ2) is 8.19. The summed E-state index contributed by atoms with van der Waals surface area (Å²) in [6.45, 7) is 0.527. The van der Waals surface area contributed by atoms with Crippen LogP contribution in [0.5, 0.6) is 0 Å². The Morgan fingerprint density at radius 2 is 2.00 bits per heavy atom. The van der Waals surface area contributed by atoms with Crippen molar-refractivity contribution in [2.24, 2.45) is 17.6 Å². The number of benzene rings is 1. The fourth-order valence-electron chi connectivity index (χ4n) is 4.23. The lowest BCUT2D eigenvalue weighted by Crippen LogP contribution is -2.62. The second-order valence-corrected chi connectivity index (χ2v) is 8.85. The van der Waals surface area contributed by atoms with Crippen LogP contribution in [0.1, 0.15) is 30.7 Å². The lowest BCUT2D eigenvalue weighted by molar-refractivity contribution is -0.133. The predicted octanol–water partition coefficient (Wildman–Crippen LogP) is 3.35. The molecule has 4 unspecified atom stereocenters. The molecule has 7 heteroatoms. The molecule has 0 bridgehead atoms. The van der Waals surface area contributed by atoms with E-state index in [0.717, 1.165) is 34.1 Å². The molecule has 2 heterocycles. The van der Waals surface area contributed by atoms with Crippen molar-refractivity contribution in [1.82, 2.24) is 15.8 Å². The average Bonchev–Trinajstić information content (AvgIpc) is 2.70. The third kappa shape index (κ3) is 4.14. The van der Waals surface area contributed by atoms with Crippen LogP contribution in [0.25, 0.3) is 0 Å². The first-order valence-electron chi connectivity index (χ1n) is 9.28. The fourth-order valence-corrected chi connectivity index (χ4v) is 5.21. The van der Waals surface area contributed by atoms with Gasteiger partial charge in [0.1, 0.15) is 0 Å². The van der Waals surface area contributed by atoms with Crippen molar-refractivity contribution >= 4 is 29.3 Å². The quantitative estimate of drug-likeness (QED) is 0.730. The first kappa shape index (κ1) is 18.7. The molecule has 4 atom stereocenters. The monoisotopic (exact) mass is 402 g/mol. The van der Waals surface area contributed by atoms with Crippen molar-refractivity contribution in [2.75, 3.05) is 6.54 Å². The van der Waals surface area contributed by atoms with Gasteiger partial charge in [-0.1, -0.05) is 23.4 Å². The molecule has 0 radical (unpaired) electrons. The van der Waals surface area contributed by atoms with Crippen molar-refractivity contribution in [3.8, 4) is 0 Å². The third-order valence-corrected chi connectivity index (χ3v) is 6.86. The molecule has 142 valence electrons. The van der Waals surface area contributed by atoms with Gasteiger partial charge in [0, 0.05) is 45.7 Å². The highest BCUT2D eigenvalue weighted by Gasteiger charge is 2.42. The second-order valence-electron chi connectivity index (χ2n) is 7.27. The zero-order chi connectivity index (χ0) is 18.8. The fraction of sp³-hybridized carbons (Fsp3) is 0.400. The number of carbonyl (C=O) groups is 1. The lowest BCUT2D eigenvalue weighted by atomic mass is 9.68. The van der Waals surface area contributed by atoms with Crippen LogP contribution in [-0.2, 0) is 4.79 Å². The number of nitrogens with zero attached hydrogens (tertiary/aromatic N) is 1. The number of nitrogens with one attached hydrogen (secondary N) is 2. The van der Waals surface area contributed by atoms with E-state index >= 15 is 0 Å². The number of hydrogen-bond donors (Lipinski definition) is 3. The first-order chi connectivity index (χ1) is 13.1. The van der Waals surface area contributed by atoms with Gasteiger partial charge in [-0.05, 0) is 67.0 Å². The van der Waals surface area contributed by atoms with E-state index in [4.69, 9.17) is 17.3 Å². The van der Waals surface area contributed by atoms with E-state index in [9.17, 15) is 4.79 Å². The van der Waals surface area contributed by atoms with Crippen molar-refractivity contribution in [3.05, 3.63) is 53.3 Å². The van der Waals surface area contributed by atoms with Gasteiger partial charge in [-0.25, -0.2) is 5.43 Å². The summed E-state index contributed by atoms with van der Waals surface area (Å²) in [6.07, 6.45) is 6.72. The predicted molar refractivity (Wildman–Crippen MR) is 108 cm³/mol. The summed E-state index contributed by atoms with van der Waals surface area (Å²) < 4.78 is 0.